The Morgan fingerprint density at radius 3 is 2.64 bits per heavy atom. The molecule has 0 aromatic heterocycles. The van der Waals surface area contributed by atoms with Crippen LogP contribution in [0.2, 0.25) is 0 Å². The maximum atomic E-state index is 11.3. The van der Waals surface area contributed by atoms with Crippen LogP contribution in [0.3, 0.4) is 0 Å². The van der Waals surface area contributed by atoms with Gasteiger partial charge >= 0.3 is 0 Å². The largest absolute Gasteiger partial charge is 0.326 e. The Balaban J connectivity index is 2.50. The molecule has 0 bridgehead atoms. The first-order chi connectivity index (χ1) is 6.72. The first-order valence-corrected chi connectivity index (χ1v) is 4.30. The summed E-state index contributed by atoms with van der Waals surface area (Å²) in [4.78, 5) is 11.3. The highest BCUT2D eigenvalue weighted by Gasteiger charge is 2.03. The molecule has 0 saturated heterocycles. The van der Waals surface area contributed by atoms with E-state index in [1.807, 2.05) is 30.3 Å². The van der Waals surface area contributed by atoms with Gasteiger partial charge in [-0.25, -0.2) is 0 Å². The molecule has 0 saturated carbocycles. The average Bonchev–Trinajstić information content (AvgIpc) is 2.19. The number of nitrogens with one attached hydrogen (secondary N) is 1. The number of rotatable bonds is 3. The molecular weight excluding hydrogens is 178 g/mol. The number of hydrogen-bond donors (Lipinski definition) is 2. The van der Waals surface area contributed by atoms with E-state index >= 15 is 0 Å². The van der Waals surface area contributed by atoms with E-state index in [0.717, 1.165) is 5.69 Å². The zero-order chi connectivity index (χ0) is 10.4. The standard InChI is InChI=1S/C10H13N3O/c1-8(13-11)7-10(14)12-9-5-3-2-4-6-9/h2-6H,7,11H2,1H3,(H,12,14). The van der Waals surface area contributed by atoms with Gasteiger partial charge in [-0.05, 0) is 19.1 Å². The second-order valence-electron chi connectivity index (χ2n) is 2.96. The summed E-state index contributed by atoms with van der Waals surface area (Å²) < 4.78 is 0. The molecule has 1 amide bonds. The smallest absolute Gasteiger partial charge is 0.230 e. The van der Waals surface area contributed by atoms with Gasteiger partial charge < -0.3 is 11.2 Å². The highest BCUT2D eigenvalue weighted by Crippen LogP contribution is 2.05. The quantitative estimate of drug-likeness (QED) is 0.430. The number of carbonyl (C=O) groups excluding carboxylic acids is 1. The molecule has 0 fully saturated rings. The van der Waals surface area contributed by atoms with Gasteiger partial charge in [0.2, 0.25) is 5.91 Å². The molecule has 4 heteroatoms. The van der Waals surface area contributed by atoms with Crippen LogP contribution in [-0.4, -0.2) is 11.6 Å². The van der Waals surface area contributed by atoms with Crippen molar-refractivity contribution in [3.63, 3.8) is 0 Å². The number of hydrogen-bond acceptors (Lipinski definition) is 3. The second-order valence-corrected chi connectivity index (χ2v) is 2.96. The van der Waals surface area contributed by atoms with Crippen molar-refractivity contribution < 1.29 is 4.79 Å². The molecular formula is C10H13N3O. The summed E-state index contributed by atoms with van der Waals surface area (Å²) in [6.45, 7) is 1.71. The summed E-state index contributed by atoms with van der Waals surface area (Å²) in [7, 11) is 0. The van der Waals surface area contributed by atoms with E-state index in [1.54, 1.807) is 6.92 Å². The van der Waals surface area contributed by atoms with Crippen molar-refractivity contribution in [2.45, 2.75) is 13.3 Å². The van der Waals surface area contributed by atoms with Crippen molar-refractivity contribution in [3.8, 4) is 0 Å². The maximum Gasteiger partial charge on any atom is 0.230 e. The fraction of sp³-hybridized carbons (Fsp3) is 0.200. The molecule has 1 aromatic rings. The van der Waals surface area contributed by atoms with Gasteiger partial charge in [-0.2, -0.15) is 5.10 Å². The van der Waals surface area contributed by atoms with Gasteiger partial charge in [0.1, 0.15) is 0 Å². The Morgan fingerprint density at radius 2 is 2.07 bits per heavy atom. The Labute approximate surface area is 82.8 Å². The molecule has 74 valence electrons. The monoisotopic (exact) mass is 191 g/mol. The molecule has 0 spiro atoms. The topological polar surface area (TPSA) is 67.5 Å². The van der Waals surface area contributed by atoms with E-state index in [1.165, 1.54) is 0 Å². The van der Waals surface area contributed by atoms with Crippen LogP contribution in [0, 0.1) is 0 Å². The third kappa shape index (κ3) is 3.26. The number of hydrazone groups is 1. The number of nitrogens with two attached hydrogens (primary N) is 1. The lowest BCUT2D eigenvalue weighted by Gasteiger charge is -2.03. The fourth-order valence-corrected chi connectivity index (χ4v) is 1.00. The Kier molecular flexibility index (Phi) is 3.67. The summed E-state index contributed by atoms with van der Waals surface area (Å²) in [5.74, 6) is 4.91. The second kappa shape index (κ2) is 5.01. The van der Waals surface area contributed by atoms with Crippen molar-refractivity contribution >= 4 is 17.3 Å². The SMILES string of the molecule is CC(CC(=O)Nc1ccccc1)=NN. The molecule has 0 heterocycles. The van der Waals surface area contributed by atoms with Crippen molar-refractivity contribution in [2.24, 2.45) is 10.9 Å². The zero-order valence-electron chi connectivity index (χ0n) is 8.03. The molecule has 14 heavy (non-hydrogen) atoms. The minimum absolute atomic E-state index is 0.108. The van der Waals surface area contributed by atoms with Gasteiger partial charge in [0.15, 0.2) is 0 Å². The number of anilines is 1. The van der Waals surface area contributed by atoms with Crippen LogP contribution in [0.4, 0.5) is 5.69 Å². The van der Waals surface area contributed by atoms with E-state index in [4.69, 9.17) is 5.84 Å². The van der Waals surface area contributed by atoms with Crippen molar-refractivity contribution in [3.05, 3.63) is 30.3 Å². The van der Waals surface area contributed by atoms with Crippen LogP contribution in [0.25, 0.3) is 0 Å². The van der Waals surface area contributed by atoms with Crippen LogP contribution in [0.15, 0.2) is 35.4 Å². The molecule has 0 unspecified atom stereocenters. The fourth-order valence-electron chi connectivity index (χ4n) is 1.00. The third-order valence-electron chi connectivity index (χ3n) is 1.69. The minimum atomic E-state index is -0.108. The summed E-state index contributed by atoms with van der Waals surface area (Å²) in [5.41, 5.74) is 1.39. The van der Waals surface area contributed by atoms with Crippen LogP contribution in [-0.2, 0) is 4.79 Å². The predicted molar refractivity (Wildman–Crippen MR) is 57.0 cm³/mol. The van der Waals surface area contributed by atoms with Crippen LogP contribution in [0.1, 0.15) is 13.3 Å². The van der Waals surface area contributed by atoms with Gasteiger partial charge in [0, 0.05) is 11.4 Å². The molecule has 0 atom stereocenters. The molecule has 0 aliphatic heterocycles. The molecule has 0 radical (unpaired) electrons. The van der Waals surface area contributed by atoms with Gasteiger partial charge in [0.25, 0.3) is 0 Å². The van der Waals surface area contributed by atoms with Gasteiger partial charge in [-0.15, -0.1) is 0 Å². The number of amides is 1. The highest BCUT2D eigenvalue weighted by molar-refractivity contribution is 6.05. The Morgan fingerprint density at radius 1 is 1.43 bits per heavy atom. The first kappa shape index (κ1) is 10.2. The molecule has 4 nitrogen and oxygen atoms in total. The lowest BCUT2D eigenvalue weighted by Crippen LogP contribution is -2.15. The number of nitrogens with zero attached hydrogens (tertiary/aromatic N) is 1. The van der Waals surface area contributed by atoms with E-state index in [2.05, 4.69) is 10.4 Å². The van der Waals surface area contributed by atoms with Crippen molar-refractivity contribution in [1.82, 2.24) is 0 Å². The lowest BCUT2D eigenvalue weighted by molar-refractivity contribution is -0.115. The third-order valence-corrected chi connectivity index (χ3v) is 1.69. The Bertz CT molecular complexity index is 332. The van der Waals surface area contributed by atoms with Crippen LogP contribution in [0.5, 0.6) is 0 Å². The number of para-hydroxylation sites is 1. The molecule has 0 aliphatic rings. The Hall–Kier alpha value is -1.84. The predicted octanol–water partition coefficient (Wildman–Crippen LogP) is 1.35. The van der Waals surface area contributed by atoms with E-state index in [-0.39, 0.29) is 12.3 Å². The zero-order valence-corrected chi connectivity index (χ0v) is 8.03. The summed E-state index contributed by atoms with van der Waals surface area (Å²) in [6.07, 6.45) is 0.228. The molecule has 1 aromatic carbocycles. The van der Waals surface area contributed by atoms with E-state index < -0.39 is 0 Å². The average molecular weight is 191 g/mol. The molecule has 3 N–H and O–H groups in total. The maximum absolute atomic E-state index is 11.3. The first-order valence-electron chi connectivity index (χ1n) is 4.30. The van der Waals surface area contributed by atoms with Gasteiger partial charge in [-0.1, -0.05) is 18.2 Å². The van der Waals surface area contributed by atoms with Crippen LogP contribution < -0.4 is 11.2 Å². The van der Waals surface area contributed by atoms with Crippen molar-refractivity contribution in [2.75, 3.05) is 5.32 Å². The minimum Gasteiger partial charge on any atom is -0.326 e. The molecule has 0 aliphatic carbocycles. The summed E-state index contributed by atoms with van der Waals surface area (Å²) in [5, 5.41) is 6.16. The van der Waals surface area contributed by atoms with E-state index in [0.29, 0.717) is 5.71 Å². The van der Waals surface area contributed by atoms with Gasteiger partial charge in [0.05, 0.1) is 6.42 Å². The normalized spacial score (nSPS) is 11.1. The molecule has 1 rings (SSSR count). The number of carbonyl (C=O) groups is 1. The summed E-state index contributed by atoms with van der Waals surface area (Å²) in [6, 6.07) is 9.26. The summed E-state index contributed by atoms with van der Waals surface area (Å²) >= 11 is 0. The van der Waals surface area contributed by atoms with Crippen molar-refractivity contribution in [1.29, 1.82) is 0 Å². The van der Waals surface area contributed by atoms with Crippen LogP contribution >= 0.6 is 0 Å². The van der Waals surface area contributed by atoms with E-state index in [9.17, 15) is 4.79 Å². The highest BCUT2D eigenvalue weighted by atomic mass is 16.1. The van der Waals surface area contributed by atoms with Gasteiger partial charge in [-0.3, -0.25) is 4.79 Å². The lowest BCUT2D eigenvalue weighted by atomic mass is 10.2. The number of benzene rings is 1.